The van der Waals surface area contributed by atoms with E-state index in [9.17, 15) is 0 Å². The summed E-state index contributed by atoms with van der Waals surface area (Å²) in [7, 11) is 0. The third kappa shape index (κ3) is 4.26. The fourth-order valence-electron chi connectivity index (χ4n) is 4.15. The fourth-order valence-corrected chi connectivity index (χ4v) is 5.56. The number of rotatable bonds is 7. The zero-order valence-electron chi connectivity index (χ0n) is 18.2. The summed E-state index contributed by atoms with van der Waals surface area (Å²) >= 11 is 3.39. The highest BCUT2D eigenvalue weighted by Crippen LogP contribution is 2.42. The monoisotopic (exact) mass is 457 g/mol. The molecule has 3 N–H and O–H groups in total. The van der Waals surface area contributed by atoms with E-state index in [-0.39, 0.29) is 5.54 Å². The lowest BCUT2D eigenvalue weighted by atomic mass is 9.72. The van der Waals surface area contributed by atoms with Gasteiger partial charge in [0.05, 0.1) is 10.6 Å². The van der Waals surface area contributed by atoms with Gasteiger partial charge in [-0.15, -0.1) is 11.3 Å². The molecule has 1 saturated carbocycles. The highest BCUT2D eigenvalue weighted by Gasteiger charge is 2.34. The Kier molecular flexibility index (Phi) is 6.15. The minimum Gasteiger partial charge on any atom is -0.321 e. The van der Waals surface area contributed by atoms with E-state index in [1.165, 1.54) is 28.0 Å². The molecular formula is C27H27N3S2. The summed E-state index contributed by atoms with van der Waals surface area (Å²) in [6.07, 6.45) is 5.41. The van der Waals surface area contributed by atoms with Crippen molar-refractivity contribution in [1.29, 1.82) is 0 Å². The van der Waals surface area contributed by atoms with E-state index >= 15 is 0 Å². The molecular weight excluding hydrogens is 430 g/mol. The Morgan fingerprint density at radius 1 is 0.906 bits per heavy atom. The molecule has 3 aromatic carbocycles. The molecule has 0 spiro atoms. The van der Waals surface area contributed by atoms with Gasteiger partial charge in [-0.05, 0) is 42.2 Å². The number of nitrogens with zero attached hydrogens (tertiary/aromatic N) is 1. The van der Waals surface area contributed by atoms with Crippen molar-refractivity contribution in [3.63, 3.8) is 0 Å². The van der Waals surface area contributed by atoms with Gasteiger partial charge in [-0.25, -0.2) is 4.98 Å². The first-order chi connectivity index (χ1) is 15.7. The molecule has 1 aliphatic rings. The van der Waals surface area contributed by atoms with Crippen molar-refractivity contribution in [2.45, 2.75) is 31.3 Å². The molecule has 1 aliphatic carbocycles. The van der Waals surface area contributed by atoms with Crippen molar-refractivity contribution >= 4 is 23.3 Å². The average Bonchev–Trinajstić information content (AvgIpc) is 3.28. The standard InChI is InChI=1S/C27H27N3S2/c1-31-29-18-19-8-10-22(11-9-19)26-30-24(25(32-26)21-6-3-2-4-7-21)20-12-14-23(15-13-20)27(28)16-5-17-27/h2-4,6-15,29H,5,16-18,28H2,1H3. The highest BCUT2D eigenvalue weighted by molar-refractivity contribution is 7.96. The number of hydrogen-bond acceptors (Lipinski definition) is 5. The molecule has 1 aromatic heterocycles. The molecule has 0 radical (unpaired) electrons. The Morgan fingerprint density at radius 3 is 2.22 bits per heavy atom. The van der Waals surface area contributed by atoms with Crippen LogP contribution in [-0.2, 0) is 12.1 Å². The molecule has 0 saturated heterocycles. The third-order valence-corrected chi connectivity index (χ3v) is 7.85. The van der Waals surface area contributed by atoms with Gasteiger partial charge in [-0.2, -0.15) is 0 Å². The number of nitrogens with two attached hydrogens (primary N) is 1. The molecule has 3 nitrogen and oxygen atoms in total. The maximum absolute atomic E-state index is 6.54. The Morgan fingerprint density at radius 2 is 1.59 bits per heavy atom. The fraction of sp³-hybridized carbons (Fsp3) is 0.222. The zero-order chi connectivity index (χ0) is 22.0. The van der Waals surface area contributed by atoms with Crippen molar-refractivity contribution in [3.8, 4) is 32.3 Å². The van der Waals surface area contributed by atoms with Crippen LogP contribution in [0.3, 0.4) is 0 Å². The van der Waals surface area contributed by atoms with E-state index in [0.717, 1.165) is 41.2 Å². The lowest BCUT2D eigenvalue weighted by molar-refractivity contribution is 0.253. The zero-order valence-corrected chi connectivity index (χ0v) is 19.8. The molecule has 1 heterocycles. The van der Waals surface area contributed by atoms with Crippen LogP contribution >= 0.6 is 23.3 Å². The number of hydrogen-bond donors (Lipinski definition) is 2. The maximum atomic E-state index is 6.54. The van der Waals surface area contributed by atoms with Crippen LogP contribution in [0.15, 0.2) is 78.9 Å². The summed E-state index contributed by atoms with van der Waals surface area (Å²) in [6.45, 7) is 0.856. The molecule has 0 atom stereocenters. The first-order valence-corrected chi connectivity index (χ1v) is 13.0. The quantitative estimate of drug-likeness (QED) is 0.298. The molecule has 0 amide bonds. The van der Waals surface area contributed by atoms with Crippen molar-refractivity contribution in [1.82, 2.24) is 9.71 Å². The van der Waals surface area contributed by atoms with Crippen LogP contribution in [0.4, 0.5) is 0 Å². The first kappa shape index (κ1) is 21.4. The van der Waals surface area contributed by atoms with Crippen LogP contribution in [0.1, 0.15) is 30.4 Å². The summed E-state index contributed by atoms with van der Waals surface area (Å²) in [4.78, 5) is 6.31. The summed E-state index contributed by atoms with van der Waals surface area (Å²) in [5.41, 5.74) is 13.4. The van der Waals surface area contributed by atoms with E-state index in [1.54, 1.807) is 23.3 Å². The molecule has 32 heavy (non-hydrogen) atoms. The van der Waals surface area contributed by atoms with E-state index < -0.39 is 0 Å². The second-order valence-electron chi connectivity index (χ2n) is 8.37. The minimum atomic E-state index is -0.138. The third-order valence-electron chi connectivity index (χ3n) is 6.26. The van der Waals surface area contributed by atoms with Crippen LogP contribution < -0.4 is 10.5 Å². The van der Waals surface area contributed by atoms with Gasteiger partial charge in [0.25, 0.3) is 0 Å². The first-order valence-electron chi connectivity index (χ1n) is 11.0. The average molecular weight is 458 g/mol. The van der Waals surface area contributed by atoms with Gasteiger partial charge in [0.1, 0.15) is 5.01 Å². The summed E-state index contributed by atoms with van der Waals surface area (Å²) in [6, 6.07) is 28.0. The van der Waals surface area contributed by atoms with Gasteiger partial charge in [-0.1, -0.05) is 90.8 Å². The van der Waals surface area contributed by atoms with Crippen LogP contribution in [0.5, 0.6) is 0 Å². The predicted octanol–water partition coefficient (Wildman–Crippen LogP) is 6.85. The number of thiazole rings is 1. The van der Waals surface area contributed by atoms with Gasteiger partial charge in [0.2, 0.25) is 0 Å². The van der Waals surface area contributed by atoms with Crippen LogP contribution in [0.2, 0.25) is 0 Å². The molecule has 0 aliphatic heterocycles. The molecule has 1 fully saturated rings. The molecule has 5 rings (SSSR count). The van der Waals surface area contributed by atoms with E-state index in [4.69, 9.17) is 10.7 Å². The van der Waals surface area contributed by atoms with Crippen molar-refractivity contribution < 1.29 is 0 Å². The minimum absolute atomic E-state index is 0.138. The Bertz CT molecular complexity index is 1180. The van der Waals surface area contributed by atoms with Gasteiger partial charge in [-0.3, -0.25) is 4.72 Å². The lowest BCUT2D eigenvalue weighted by Crippen LogP contribution is -2.43. The second-order valence-corrected chi connectivity index (χ2v) is 10.1. The van der Waals surface area contributed by atoms with Crippen molar-refractivity contribution in [2.24, 2.45) is 5.73 Å². The number of aromatic nitrogens is 1. The highest BCUT2D eigenvalue weighted by atomic mass is 32.2. The SMILES string of the molecule is CSNCc1ccc(-c2nc(-c3ccc(C4(N)CCC4)cc3)c(-c3ccccc3)s2)cc1. The predicted molar refractivity (Wildman–Crippen MR) is 138 cm³/mol. The van der Waals surface area contributed by atoms with Crippen molar-refractivity contribution in [3.05, 3.63) is 90.0 Å². The smallest absolute Gasteiger partial charge is 0.124 e. The van der Waals surface area contributed by atoms with Gasteiger partial charge in [0.15, 0.2) is 0 Å². The summed E-state index contributed by atoms with van der Waals surface area (Å²) in [5.74, 6) is 0. The van der Waals surface area contributed by atoms with E-state index in [0.29, 0.717) is 0 Å². The molecule has 162 valence electrons. The number of nitrogens with one attached hydrogen (secondary N) is 1. The summed E-state index contributed by atoms with van der Waals surface area (Å²) in [5, 5.41) is 1.04. The Hall–Kier alpha value is -2.44. The van der Waals surface area contributed by atoms with Gasteiger partial charge >= 0.3 is 0 Å². The number of benzene rings is 3. The van der Waals surface area contributed by atoms with Gasteiger partial charge < -0.3 is 5.73 Å². The lowest BCUT2D eigenvalue weighted by Gasteiger charge is -2.38. The maximum Gasteiger partial charge on any atom is 0.124 e. The van der Waals surface area contributed by atoms with E-state index in [1.807, 2.05) is 6.26 Å². The Balaban J connectivity index is 1.52. The molecule has 0 bridgehead atoms. The molecule has 5 heteroatoms. The molecule has 0 unspecified atom stereocenters. The second kappa shape index (κ2) is 9.20. The normalized spacial score (nSPS) is 14.8. The van der Waals surface area contributed by atoms with Gasteiger partial charge in [0, 0.05) is 23.2 Å². The largest absolute Gasteiger partial charge is 0.321 e. The Labute approximate surface area is 198 Å². The van der Waals surface area contributed by atoms with E-state index in [2.05, 4.69) is 83.6 Å². The topological polar surface area (TPSA) is 50.9 Å². The van der Waals surface area contributed by atoms with Crippen LogP contribution in [0, 0.1) is 0 Å². The summed E-state index contributed by atoms with van der Waals surface area (Å²) < 4.78 is 3.30. The molecule has 4 aromatic rings. The van der Waals surface area contributed by atoms with Crippen molar-refractivity contribution in [2.75, 3.05) is 6.26 Å². The van der Waals surface area contributed by atoms with Crippen LogP contribution in [-0.4, -0.2) is 11.2 Å². The van der Waals surface area contributed by atoms with Crippen LogP contribution in [0.25, 0.3) is 32.3 Å².